The quantitative estimate of drug-likeness (QED) is 0.757. The number of aromatic amines is 1. The van der Waals surface area contributed by atoms with Crippen molar-refractivity contribution in [1.82, 2.24) is 9.97 Å². The van der Waals surface area contributed by atoms with Gasteiger partial charge in [0.25, 0.3) is 5.56 Å². The zero-order valence-electron chi connectivity index (χ0n) is 11.1. The molecule has 1 heterocycles. The van der Waals surface area contributed by atoms with Gasteiger partial charge in [-0.05, 0) is 12.8 Å². The van der Waals surface area contributed by atoms with Crippen molar-refractivity contribution in [3.05, 3.63) is 22.2 Å². The number of aromatic nitrogens is 2. The maximum absolute atomic E-state index is 11.6. The molecule has 1 fully saturated rings. The maximum Gasteiger partial charge on any atom is 0.252 e. The summed E-state index contributed by atoms with van der Waals surface area (Å²) in [6, 6.07) is 1.52. The van der Waals surface area contributed by atoms with Crippen LogP contribution in [-0.4, -0.2) is 22.1 Å². The van der Waals surface area contributed by atoms with Crippen LogP contribution in [0.15, 0.2) is 10.9 Å². The second-order valence-electron chi connectivity index (χ2n) is 5.49. The predicted molar refractivity (Wildman–Crippen MR) is 72.8 cm³/mol. The van der Waals surface area contributed by atoms with Crippen LogP contribution in [0.3, 0.4) is 0 Å². The van der Waals surface area contributed by atoms with Gasteiger partial charge in [-0.25, -0.2) is 4.98 Å². The molecule has 5 heteroatoms. The summed E-state index contributed by atoms with van der Waals surface area (Å²) in [5, 5.41) is 3.38. The average molecular weight is 250 g/mol. The first-order valence-corrected chi connectivity index (χ1v) is 6.64. The summed E-state index contributed by atoms with van der Waals surface area (Å²) in [5.41, 5.74) is 5.69. The number of nitrogens with zero attached hydrogens (tertiary/aromatic N) is 1. The van der Waals surface area contributed by atoms with Gasteiger partial charge in [0.05, 0.1) is 5.54 Å². The molecule has 0 spiro atoms. The number of hydrogen-bond acceptors (Lipinski definition) is 4. The molecule has 1 aliphatic rings. The van der Waals surface area contributed by atoms with Crippen LogP contribution < -0.4 is 16.6 Å². The number of H-pyrrole nitrogens is 1. The van der Waals surface area contributed by atoms with Crippen LogP contribution in [0.5, 0.6) is 0 Å². The fraction of sp³-hybridized carbons (Fsp3) is 0.692. The lowest BCUT2D eigenvalue weighted by atomic mass is 9.98. The first-order chi connectivity index (χ1) is 8.54. The van der Waals surface area contributed by atoms with E-state index in [1.807, 2.05) is 13.8 Å². The Hall–Kier alpha value is -1.36. The molecule has 0 aliphatic heterocycles. The highest BCUT2D eigenvalue weighted by molar-refractivity contribution is 5.38. The van der Waals surface area contributed by atoms with Crippen molar-refractivity contribution >= 4 is 5.82 Å². The van der Waals surface area contributed by atoms with Gasteiger partial charge in [-0.2, -0.15) is 0 Å². The van der Waals surface area contributed by atoms with Gasteiger partial charge in [-0.1, -0.05) is 26.7 Å². The van der Waals surface area contributed by atoms with Gasteiger partial charge in [0.1, 0.15) is 11.6 Å². The smallest absolute Gasteiger partial charge is 0.252 e. The number of nitrogens with two attached hydrogens (primary N) is 1. The molecule has 1 aliphatic carbocycles. The lowest BCUT2D eigenvalue weighted by molar-refractivity contribution is 0.490. The number of nitrogens with one attached hydrogen (secondary N) is 2. The number of anilines is 1. The van der Waals surface area contributed by atoms with Crippen LogP contribution in [0.4, 0.5) is 5.82 Å². The third kappa shape index (κ3) is 2.72. The third-order valence-corrected chi connectivity index (χ3v) is 3.65. The Labute approximate surface area is 107 Å². The minimum atomic E-state index is -0.110. The summed E-state index contributed by atoms with van der Waals surface area (Å²) < 4.78 is 0. The van der Waals surface area contributed by atoms with E-state index in [1.54, 1.807) is 0 Å². The lowest BCUT2D eigenvalue weighted by Crippen LogP contribution is -2.43. The molecule has 0 bridgehead atoms. The molecule has 0 aromatic carbocycles. The van der Waals surface area contributed by atoms with E-state index >= 15 is 0 Å². The summed E-state index contributed by atoms with van der Waals surface area (Å²) in [7, 11) is 0. The van der Waals surface area contributed by atoms with Gasteiger partial charge in [0.2, 0.25) is 0 Å². The summed E-state index contributed by atoms with van der Waals surface area (Å²) in [6.07, 6.45) is 4.47. The van der Waals surface area contributed by atoms with E-state index in [9.17, 15) is 4.79 Å². The summed E-state index contributed by atoms with van der Waals surface area (Å²) in [5.74, 6) is 1.57. The fourth-order valence-electron chi connectivity index (χ4n) is 2.52. The Morgan fingerprint density at radius 2 is 2.17 bits per heavy atom. The predicted octanol–water partition coefficient (Wildman–Crippen LogP) is 1.58. The van der Waals surface area contributed by atoms with Crippen molar-refractivity contribution in [1.29, 1.82) is 0 Å². The van der Waals surface area contributed by atoms with Crippen molar-refractivity contribution in [2.24, 2.45) is 5.73 Å². The fourth-order valence-corrected chi connectivity index (χ4v) is 2.52. The van der Waals surface area contributed by atoms with Crippen LogP contribution in [0.25, 0.3) is 0 Å². The van der Waals surface area contributed by atoms with E-state index in [4.69, 9.17) is 5.73 Å². The highest BCUT2D eigenvalue weighted by Gasteiger charge is 2.32. The van der Waals surface area contributed by atoms with E-state index in [0.717, 1.165) is 18.7 Å². The Morgan fingerprint density at radius 3 is 2.72 bits per heavy atom. The van der Waals surface area contributed by atoms with E-state index in [2.05, 4.69) is 15.3 Å². The number of hydrogen-bond donors (Lipinski definition) is 3. The molecule has 0 saturated heterocycles. The topological polar surface area (TPSA) is 83.8 Å². The normalized spacial score (nSPS) is 18.2. The largest absolute Gasteiger partial charge is 0.363 e. The molecule has 1 aromatic heterocycles. The summed E-state index contributed by atoms with van der Waals surface area (Å²) in [4.78, 5) is 18.8. The first-order valence-electron chi connectivity index (χ1n) is 6.64. The standard InChI is InChI=1S/C13H22N4O/c1-9(2)12-15-10(7-11(18)16-12)17-13(8-14)5-3-4-6-13/h7,9H,3-6,8,14H2,1-2H3,(H2,15,16,17,18). The van der Waals surface area contributed by atoms with Crippen LogP contribution in [-0.2, 0) is 0 Å². The Morgan fingerprint density at radius 1 is 1.50 bits per heavy atom. The molecule has 5 nitrogen and oxygen atoms in total. The van der Waals surface area contributed by atoms with Crippen LogP contribution in [0, 0.1) is 0 Å². The van der Waals surface area contributed by atoms with Gasteiger partial charge in [-0.15, -0.1) is 0 Å². The molecule has 4 N–H and O–H groups in total. The third-order valence-electron chi connectivity index (χ3n) is 3.65. The van der Waals surface area contributed by atoms with Crippen molar-refractivity contribution in [2.45, 2.75) is 51.0 Å². The van der Waals surface area contributed by atoms with Gasteiger partial charge < -0.3 is 16.0 Å². The molecule has 18 heavy (non-hydrogen) atoms. The van der Waals surface area contributed by atoms with Crippen molar-refractivity contribution in [3.63, 3.8) is 0 Å². The Kier molecular flexibility index (Phi) is 3.71. The average Bonchev–Trinajstić information content (AvgIpc) is 2.77. The zero-order valence-corrected chi connectivity index (χ0v) is 11.1. The second kappa shape index (κ2) is 5.10. The van der Waals surface area contributed by atoms with Gasteiger partial charge in [0, 0.05) is 18.5 Å². The van der Waals surface area contributed by atoms with Crippen molar-refractivity contribution in [2.75, 3.05) is 11.9 Å². The van der Waals surface area contributed by atoms with Crippen molar-refractivity contribution < 1.29 is 0 Å². The highest BCUT2D eigenvalue weighted by Crippen LogP contribution is 2.31. The SMILES string of the molecule is CC(C)c1nc(NC2(CN)CCCC2)cc(=O)[nH]1. The van der Waals surface area contributed by atoms with E-state index < -0.39 is 0 Å². The van der Waals surface area contributed by atoms with Crippen molar-refractivity contribution in [3.8, 4) is 0 Å². The summed E-state index contributed by atoms with van der Waals surface area (Å²) in [6.45, 7) is 4.60. The first kappa shape index (κ1) is 13.1. The molecule has 100 valence electrons. The minimum absolute atomic E-state index is 0.0744. The lowest BCUT2D eigenvalue weighted by Gasteiger charge is -2.29. The molecule has 2 rings (SSSR count). The second-order valence-corrected chi connectivity index (χ2v) is 5.49. The van der Waals surface area contributed by atoms with Gasteiger partial charge in [-0.3, -0.25) is 4.79 Å². The van der Waals surface area contributed by atoms with E-state index in [-0.39, 0.29) is 17.0 Å². The molecular formula is C13H22N4O. The molecule has 0 unspecified atom stereocenters. The van der Waals surface area contributed by atoms with Crippen LogP contribution >= 0.6 is 0 Å². The Bertz CT molecular complexity index is 460. The molecule has 0 amide bonds. The maximum atomic E-state index is 11.6. The Balaban J connectivity index is 2.25. The molecule has 1 aromatic rings. The molecular weight excluding hydrogens is 228 g/mol. The number of rotatable bonds is 4. The summed E-state index contributed by atoms with van der Waals surface area (Å²) >= 11 is 0. The molecule has 1 saturated carbocycles. The van der Waals surface area contributed by atoms with Gasteiger partial charge >= 0.3 is 0 Å². The molecule has 0 radical (unpaired) electrons. The minimum Gasteiger partial charge on any atom is -0.363 e. The molecule has 0 atom stereocenters. The van der Waals surface area contributed by atoms with Gasteiger partial charge in [0.15, 0.2) is 0 Å². The zero-order chi connectivity index (χ0) is 13.2. The van der Waals surface area contributed by atoms with E-state index in [1.165, 1.54) is 18.9 Å². The van der Waals surface area contributed by atoms with Crippen LogP contribution in [0.1, 0.15) is 51.3 Å². The monoisotopic (exact) mass is 250 g/mol. The van der Waals surface area contributed by atoms with E-state index in [0.29, 0.717) is 12.4 Å². The highest BCUT2D eigenvalue weighted by atomic mass is 16.1. The van der Waals surface area contributed by atoms with Crippen LogP contribution in [0.2, 0.25) is 0 Å².